The van der Waals surface area contributed by atoms with Gasteiger partial charge in [-0.05, 0) is 44.9 Å². The summed E-state index contributed by atoms with van der Waals surface area (Å²) in [4.78, 5) is 46.2. The van der Waals surface area contributed by atoms with E-state index in [4.69, 9.17) is 14.5 Å². The van der Waals surface area contributed by atoms with Crippen LogP contribution in [0.1, 0.15) is 51.8 Å². The molecule has 1 aromatic heterocycles. The number of nitrogens with one attached hydrogen (secondary N) is 1. The Kier molecular flexibility index (Phi) is 5.67. The van der Waals surface area contributed by atoms with Gasteiger partial charge < -0.3 is 19.7 Å². The van der Waals surface area contributed by atoms with Gasteiger partial charge in [-0.15, -0.1) is 0 Å². The molecule has 3 atom stereocenters. The van der Waals surface area contributed by atoms with Crippen molar-refractivity contribution in [2.24, 2.45) is 11.8 Å². The van der Waals surface area contributed by atoms with Gasteiger partial charge in [0.05, 0.1) is 35.9 Å². The van der Waals surface area contributed by atoms with Gasteiger partial charge in [-0.25, -0.2) is 9.78 Å². The molecule has 1 fully saturated rings. The third kappa shape index (κ3) is 3.80. The van der Waals surface area contributed by atoms with Crippen LogP contribution in [0.3, 0.4) is 0 Å². The van der Waals surface area contributed by atoms with Gasteiger partial charge in [-0.2, -0.15) is 0 Å². The SMILES string of the molecule is CCC(C)(C)NCC(=O)O[C@]1(CC)C(=O)OCC2C(=O)N3Cc4cc5ccccc5nc4C3=CC21. The summed E-state index contributed by atoms with van der Waals surface area (Å²) in [5.74, 6) is -2.54. The quantitative estimate of drug-likeness (QED) is 0.638. The average molecular weight is 478 g/mol. The molecule has 8 heteroatoms. The van der Waals surface area contributed by atoms with Gasteiger partial charge in [0.2, 0.25) is 11.5 Å². The number of aromatic nitrogens is 1. The highest BCUT2D eigenvalue weighted by Gasteiger charge is 2.59. The molecule has 2 aromatic rings. The molecule has 3 aliphatic heterocycles. The number of para-hydroxylation sites is 1. The monoisotopic (exact) mass is 477 g/mol. The Labute approximate surface area is 204 Å². The van der Waals surface area contributed by atoms with E-state index in [0.717, 1.165) is 28.6 Å². The molecule has 35 heavy (non-hydrogen) atoms. The molecule has 0 aliphatic carbocycles. The molecule has 0 saturated carbocycles. The van der Waals surface area contributed by atoms with Crippen LogP contribution in [-0.2, 0) is 30.4 Å². The summed E-state index contributed by atoms with van der Waals surface area (Å²) in [6, 6.07) is 9.88. The van der Waals surface area contributed by atoms with E-state index in [1.807, 2.05) is 51.1 Å². The third-order valence-electron chi connectivity index (χ3n) is 7.71. The van der Waals surface area contributed by atoms with Gasteiger partial charge in [-0.1, -0.05) is 32.0 Å². The second kappa shape index (κ2) is 8.45. The zero-order chi connectivity index (χ0) is 25.0. The van der Waals surface area contributed by atoms with Crippen LogP contribution in [-0.4, -0.2) is 52.0 Å². The largest absolute Gasteiger partial charge is 0.462 e. The van der Waals surface area contributed by atoms with Crippen LogP contribution in [0.2, 0.25) is 0 Å². The van der Waals surface area contributed by atoms with Crippen molar-refractivity contribution in [3.05, 3.63) is 47.7 Å². The number of rotatable bonds is 6. The van der Waals surface area contributed by atoms with Gasteiger partial charge >= 0.3 is 11.9 Å². The summed E-state index contributed by atoms with van der Waals surface area (Å²) in [6.07, 6.45) is 2.93. The summed E-state index contributed by atoms with van der Waals surface area (Å²) < 4.78 is 11.3. The van der Waals surface area contributed by atoms with E-state index in [0.29, 0.717) is 12.2 Å². The summed E-state index contributed by atoms with van der Waals surface area (Å²) >= 11 is 0. The van der Waals surface area contributed by atoms with Gasteiger partial charge in [0.25, 0.3) is 0 Å². The first-order valence-corrected chi connectivity index (χ1v) is 12.3. The molecule has 4 heterocycles. The molecule has 1 N–H and O–H groups in total. The van der Waals surface area contributed by atoms with Crippen molar-refractivity contribution in [2.45, 2.75) is 58.2 Å². The van der Waals surface area contributed by atoms with E-state index < -0.39 is 29.4 Å². The highest BCUT2D eigenvalue weighted by molar-refractivity contribution is 5.97. The van der Waals surface area contributed by atoms with Crippen LogP contribution < -0.4 is 5.32 Å². The highest BCUT2D eigenvalue weighted by atomic mass is 16.6. The maximum atomic E-state index is 13.6. The standard InChI is InChI=1S/C27H31N3O5/c1-5-26(3,4)28-13-22(31)35-27(6-2)19-12-21-23-17(11-16-9-7-8-10-20(16)29-23)14-30(21)24(32)18(19)15-34-25(27)33/h7-12,18-19,28H,5-6,13-15H2,1-4H3/t18?,19?,27-/m0/s1. The molecule has 2 unspecified atom stereocenters. The first-order valence-electron chi connectivity index (χ1n) is 12.3. The number of hydrogen-bond acceptors (Lipinski definition) is 7. The lowest BCUT2D eigenvalue weighted by Gasteiger charge is -2.46. The number of esters is 2. The number of benzene rings is 1. The molecule has 1 amide bonds. The van der Waals surface area contributed by atoms with E-state index in [2.05, 4.69) is 11.4 Å². The predicted octanol–water partition coefficient (Wildman–Crippen LogP) is 3.19. The van der Waals surface area contributed by atoms with Crippen molar-refractivity contribution in [1.82, 2.24) is 15.2 Å². The first-order chi connectivity index (χ1) is 16.7. The van der Waals surface area contributed by atoms with Crippen LogP contribution in [0.25, 0.3) is 16.6 Å². The highest BCUT2D eigenvalue weighted by Crippen LogP contribution is 2.47. The minimum Gasteiger partial charge on any atom is -0.462 e. The van der Waals surface area contributed by atoms with E-state index in [1.165, 1.54) is 0 Å². The second-order valence-electron chi connectivity index (χ2n) is 10.2. The number of pyridine rings is 1. The van der Waals surface area contributed by atoms with Crippen molar-refractivity contribution in [3.63, 3.8) is 0 Å². The van der Waals surface area contributed by atoms with Gasteiger partial charge in [0.15, 0.2) is 0 Å². The smallest absolute Gasteiger partial charge is 0.351 e. The number of amides is 1. The van der Waals surface area contributed by atoms with E-state index in [9.17, 15) is 14.4 Å². The number of fused-ring (bicyclic) bond motifs is 5. The minimum atomic E-state index is -1.56. The Morgan fingerprint density at radius 2 is 2.06 bits per heavy atom. The predicted molar refractivity (Wildman–Crippen MR) is 130 cm³/mol. The summed E-state index contributed by atoms with van der Waals surface area (Å²) in [7, 11) is 0. The molecular formula is C27H31N3O5. The van der Waals surface area contributed by atoms with Crippen LogP contribution in [0.5, 0.6) is 0 Å². The lowest BCUT2D eigenvalue weighted by atomic mass is 9.72. The maximum Gasteiger partial charge on any atom is 0.351 e. The van der Waals surface area contributed by atoms with Crippen molar-refractivity contribution in [2.75, 3.05) is 13.2 Å². The molecule has 184 valence electrons. The maximum absolute atomic E-state index is 13.6. The Morgan fingerprint density at radius 1 is 1.29 bits per heavy atom. The first kappa shape index (κ1) is 23.5. The minimum absolute atomic E-state index is 0.0330. The van der Waals surface area contributed by atoms with Gasteiger partial charge in [-0.3, -0.25) is 9.59 Å². The fourth-order valence-electron chi connectivity index (χ4n) is 5.19. The lowest BCUT2D eigenvalue weighted by Crippen LogP contribution is -2.61. The van der Waals surface area contributed by atoms with Crippen LogP contribution in [0.15, 0.2) is 36.4 Å². The summed E-state index contributed by atoms with van der Waals surface area (Å²) in [5.41, 5.74) is 1.39. The number of ether oxygens (including phenoxy) is 2. The van der Waals surface area contributed by atoms with Gasteiger partial charge in [0, 0.05) is 22.4 Å². The molecule has 8 nitrogen and oxygen atoms in total. The van der Waals surface area contributed by atoms with Crippen molar-refractivity contribution >= 4 is 34.4 Å². The Hall–Kier alpha value is -3.26. The zero-order valence-corrected chi connectivity index (χ0v) is 20.6. The Morgan fingerprint density at radius 3 is 2.80 bits per heavy atom. The number of hydrogen-bond donors (Lipinski definition) is 1. The van der Waals surface area contributed by atoms with E-state index in [-0.39, 0.29) is 31.0 Å². The molecular weight excluding hydrogens is 446 g/mol. The molecule has 0 spiro atoms. The summed E-state index contributed by atoms with van der Waals surface area (Å²) in [6.45, 7) is 8.14. The number of nitrogens with zero attached hydrogens (tertiary/aromatic N) is 2. The van der Waals surface area contributed by atoms with E-state index in [1.54, 1.807) is 11.8 Å². The Balaban J connectivity index is 1.52. The van der Waals surface area contributed by atoms with Crippen LogP contribution in [0, 0.1) is 11.8 Å². The molecule has 1 aromatic carbocycles. The molecule has 0 radical (unpaired) electrons. The topological polar surface area (TPSA) is 97.8 Å². The molecule has 0 bridgehead atoms. The normalized spacial score (nSPS) is 25.5. The fraction of sp³-hybridized carbons (Fsp3) is 0.481. The van der Waals surface area contributed by atoms with E-state index >= 15 is 0 Å². The number of cyclic esters (lactones) is 1. The summed E-state index contributed by atoms with van der Waals surface area (Å²) in [5, 5.41) is 4.18. The average Bonchev–Trinajstić information content (AvgIpc) is 3.21. The third-order valence-corrected chi connectivity index (χ3v) is 7.71. The number of carbonyl (C=O) groups is 3. The number of carbonyl (C=O) groups excluding carboxylic acids is 3. The zero-order valence-electron chi connectivity index (χ0n) is 20.6. The van der Waals surface area contributed by atoms with Gasteiger partial charge in [0.1, 0.15) is 6.61 Å². The lowest BCUT2D eigenvalue weighted by molar-refractivity contribution is -0.204. The van der Waals surface area contributed by atoms with Crippen molar-refractivity contribution < 1.29 is 23.9 Å². The van der Waals surface area contributed by atoms with Crippen LogP contribution >= 0.6 is 0 Å². The molecule has 1 saturated heterocycles. The van der Waals surface area contributed by atoms with Crippen LogP contribution in [0.4, 0.5) is 0 Å². The second-order valence-corrected chi connectivity index (χ2v) is 10.2. The van der Waals surface area contributed by atoms with Crippen molar-refractivity contribution in [3.8, 4) is 0 Å². The fourth-order valence-corrected chi connectivity index (χ4v) is 5.19. The molecule has 5 rings (SSSR count). The Bertz CT molecular complexity index is 1250. The molecule has 3 aliphatic rings. The van der Waals surface area contributed by atoms with Crippen molar-refractivity contribution in [1.29, 1.82) is 0 Å².